The number of halogens is 1. The molecule has 0 radical (unpaired) electrons. The molecule has 1 heterocycles. The van der Waals surface area contributed by atoms with Gasteiger partial charge in [0.05, 0.1) is 16.8 Å². The van der Waals surface area contributed by atoms with Crippen molar-refractivity contribution in [3.8, 4) is 12.3 Å². The number of rotatable bonds is 2. The van der Waals surface area contributed by atoms with E-state index in [-0.39, 0.29) is 5.91 Å². The maximum atomic E-state index is 12.4. The van der Waals surface area contributed by atoms with Crippen LogP contribution < -0.4 is 4.80 Å². The third-order valence-corrected chi connectivity index (χ3v) is 5.13. The molecule has 0 atom stereocenters. The lowest BCUT2D eigenvalue weighted by Crippen LogP contribution is -2.16. The second kappa shape index (κ2) is 6.64. The number of aryl methyl sites for hydroxylation is 2. The van der Waals surface area contributed by atoms with Crippen molar-refractivity contribution in [2.75, 3.05) is 0 Å². The lowest BCUT2D eigenvalue weighted by atomic mass is 10.1. The van der Waals surface area contributed by atoms with E-state index in [1.807, 2.05) is 11.5 Å². The lowest BCUT2D eigenvalue weighted by Gasteiger charge is -2.02. The van der Waals surface area contributed by atoms with E-state index in [0.29, 0.717) is 21.9 Å². The van der Waals surface area contributed by atoms with Gasteiger partial charge in [-0.05, 0) is 55.3 Å². The smallest absolute Gasteiger partial charge is 0.279 e. The molecule has 0 bridgehead atoms. The normalized spacial score (nSPS) is 11.7. The molecule has 24 heavy (non-hydrogen) atoms. The van der Waals surface area contributed by atoms with E-state index in [0.717, 1.165) is 21.3 Å². The third-order valence-electron chi connectivity index (χ3n) is 3.65. The van der Waals surface area contributed by atoms with Crippen molar-refractivity contribution in [2.45, 2.75) is 20.4 Å². The van der Waals surface area contributed by atoms with Crippen LogP contribution in [0.1, 0.15) is 21.5 Å². The molecule has 0 fully saturated rings. The number of carbonyl (C=O) groups excluding carboxylic acids is 1. The molecule has 0 unspecified atom stereocenters. The average Bonchev–Trinajstić information content (AvgIpc) is 2.87. The molecule has 5 heteroatoms. The number of benzene rings is 2. The molecule has 0 aliphatic heterocycles. The summed E-state index contributed by atoms with van der Waals surface area (Å²) in [5, 5.41) is 0.585. The number of carbonyl (C=O) groups is 1. The summed E-state index contributed by atoms with van der Waals surface area (Å²) in [5.74, 6) is 2.34. The highest BCUT2D eigenvalue weighted by Crippen LogP contribution is 2.23. The zero-order valence-electron chi connectivity index (χ0n) is 13.3. The number of fused-ring (bicyclic) bond motifs is 1. The van der Waals surface area contributed by atoms with E-state index in [9.17, 15) is 4.79 Å². The Morgan fingerprint density at radius 2 is 2.00 bits per heavy atom. The fraction of sp³-hybridized carbons (Fsp3) is 0.158. The van der Waals surface area contributed by atoms with E-state index < -0.39 is 0 Å². The van der Waals surface area contributed by atoms with Crippen molar-refractivity contribution in [2.24, 2.45) is 4.99 Å². The highest BCUT2D eigenvalue weighted by molar-refractivity contribution is 7.16. The second-order valence-electron chi connectivity index (χ2n) is 5.53. The molecule has 1 amide bonds. The first-order valence-electron chi connectivity index (χ1n) is 7.38. The number of aromatic nitrogens is 1. The maximum Gasteiger partial charge on any atom is 0.279 e. The first-order valence-corrected chi connectivity index (χ1v) is 8.57. The Balaban J connectivity index is 2.19. The number of terminal acetylenes is 1. The summed E-state index contributed by atoms with van der Waals surface area (Å²) < 4.78 is 3.01. The molecule has 0 aliphatic rings. The standard InChI is InChI=1S/C19H15ClN2OS/c1-4-9-22-16-11-12(2)10-13(3)17(16)24-19(22)21-18(23)14-5-7-15(20)8-6-14/h1,5-8,10-11H,9H2,2-3H3. The van der Waals surface area contributed by atoms with Crippen LogP contribution in [0.2, 0.25) is 5.02 Å². The van der Waals surface area contributed by atoms with Crippen LogP contribution in [0.25, 0.3) is 10.2 Å². The van der Waals surface area contributed by atoms with E-state index in [1.165, 1.54) is 11.3 Å². The van der Waals surface area contributed by atoms with Crippen molar-refractivity contribution < 1.29 is 4.79 Å². The predicted octanol–water partition coefficient (Wildman–Crippen LogP) is 4.35. The summed E-state index contributed by atoms with van der Waals surface area (Å²) in [5.41, 5.74) is 3.82. The molecule has 2 aromatic carbocycles. The van der Waals surface area contributed by atoms with E-state index in [2.05, 4.69) is 30.0 Å². The molecular formula is C19H15ClN2OS. The van der Waals surface area contributed by atoms with Crippen LogP contribution in [-0.2, 0) is 6.54 Å². The minimum atomic E-state index is -0.307. The van der Waals surface area contributed by atoms with Crippen LogP contribution >= 0.6 is 22.9 Å². The zero-order valence-corrected chi connectivity index (χ0v) is 14.9. The summed E-state index contributed by atoms with van der Waals surface area (Å²) >= 11 is 7.34. The summed E-state index contributed by atoms with van der Waals surface area (Å²) in [6.45, 7) is 4.46. The quantitative estimate of drug-likeness (QED) is 0.630. The van der Waals surface area contributed by atoms with Crippen molar-refractivity contribution in [1.82, 2.24) is 4.57 Å². The molecule has 0 aliphatic carbocycles. The number of nitrogens with zero attached hydrogens (tertiary/aromatic N) is 2. The van der Waals surface area contributed by atoms with Crippen molar-refractivity contribution in [3.05, 3.63) is 62.9 Å². The Labute approximate surface area is 149 Å². The molecular weight excluding hydrogens is 340 g/mol. The van der Waals surface area contributed by atoms with Gasteiger partial charge in [0.25, 0.3) is 5.91 Å². The molecule has 3 nitrogen and oxygen atoms in total. The largest absolute Gasteiger partial charge is 0.305 e. The Hall–Kier alpha value is -2.35. The SMILES string of the molecule is C#CCn1c(=NC(=O)c2ccc(Cl)cc2)sc2c(C)cc(C)cc21. The van der Waals surface area contributed by atoms with Gasteiger partial charge in [0, 0.05) is 10.6 Å². The van der Waals surface area contributed by atoms with Gasteiger partial charge in [-0.25, -0.2) is 0 Å². The van der Waals surface area contributed by atoms with E-state index in [1.54, 1.807) is 24.3 Å². The second-order valence-corrected chi connectivity index (χ2v) is 6.94. The third kappa shape index (κ3) is 3.14. The molecule has 0 saturated heterocycles. The Kier molecular flexibility index (Phi) is 4.57. The van der Waals surface area contributed by atoms with Gasteiger partial charge in [0.1, 0.15) is 0 Å². The molecule has 3 aromatic rings. The zero-order chi connectivity index (χ0) is 17.3. The average molecular weight is 355 g/mol. The van der Waals surface area contributed by atoms with Gasteiger partial charge in [-0.3, -0.25) is 4.79 Å². The van der Waals surface area contributed by atoms with Crippen molar-refractivity contribution in [1.29, 1.82) is 0 Å². The molecule has 0 spiro atoms. The van der Waals surface area contributed by atoms with Gasteiger partial charge in [0.15, 0.2) is 4.80 Å². The Bertz CT molecular complexity index is 1040. The summed E-state index contributed by atoms with van der Waals surface area (Å²) in [4.78, 5) is 17.3. The fourth-order valence-corrected chi connectivity index (χ4v) is 3.79. The lowest BCUT2D eigenvalue weighted by molar-refractivity contribution is 0.0998. The van der Waals surface area contributed by atoms with Crippen LogP contribution in [0.15, 0.2) is 41.4 Å². The van der Waals surface area contributed by atoms with Gasteiger partial charge >= 0.3 is 0 Å². The van der Waals surface area contributed by atoms with Gasteiger partial charge in [-0.1, -0.05) is 34.9 Å². The first-order chi connectivity index (χ1) is 11.5. The summed E-state index contributed by atoms with van der Waals surface area (Å²) in [6.07, 6.45) is 5.51. The van der Waals surface area contributed by atoms with E-state index in [4.69, 9.17) is 18.0 Å². The maximum absolute atomic E-state index is 12.4. The van der Waals surface area contributed by atoms with Crippen LogP contribution in [0.5, 0.6) is 0 Å². The van der Waals surface area contributed by atoms with Crippen LogP contribution in [0, 0.1) is 26.2 Å². The number of hydrogen-bond acceptors (Lipinski definition) is 2. The number of hydrogen-bond donors (Lipinski definition) is 0. The minimum Gasteiger partial charge on any atom is -0.305 e. The summed E-state index contributed by atoms with van der Waals surface area (Å²) in [6, 6.07) is 10.9. The van der Waals surface area contributed by atoms with Gasteiger partial charge in [-0.2, -0.15) is 4.99 Å². The number of amides is 1. The fourth-order valence-electron chi connectivity index (χ4n) is 2.59. The first kappa shape index (κ1) is 16.5. The molecule has 1 aromatic heterocycles. The number of thiazole rings is 1. The highest BCUT2D eigenvalue weighted by Gasteiger charge is 2.11. The monoisotopic (exact) mass is 354 g/mol. The topological polar surface area (TPSA) is 34.4 Å². The van der Waals surface area contributed by atoms with Gasteiger partial charge < -0.3 is 4.57 Å². The van der Waals surface area contributed by atoms with Gasteiger partial charge in [0.2, 0.25) is 0 Å². The van der Waals surface area contributed by atoms with Gasteiger partial charge in [-0.15, -0.1) is 6.42 Å². The highest BCUT2D eigenvalue weighted by atomic mass is 35.5. The summed E-state index contributed by atoms with van der Waals surface area (Å²) in [7, 11) is 0. The van der Waals surface area contributed by atoms with Crippen molar-refractivity contribution >= 4 is 39.1 Å². The molecule has 3 rings (SSSR count). The predicted molar refractivity (Wildman–Crippen MR) is 99.5 cm³/mol. The van der Waals surface area contributed by atoms with Crippen LogP contribution in [0.4, 0.5) is 0 Å². The van der Waals surface area contributed by atoms with Crippen LogP contribution in [0.3, 0.4) is 0 Å². The molecule has 0 N–H and O–H groups in total. The Morgan fingerprint density at radius 3 is 2.67 bits per heavy atom. The van der Waals surface area contributed by atoms with Crippen LogP contribution in [-0.4, -0.2) is 10.5 Å². The van der Waals surface area contributed by atoms with E-state index >= 15 is 0 Å². The minimum absolute atomic E-state index is 0.307. The molecule has 120 valence electrons. The molecule has 0 saturated carbocycles. The van der Waals surface area contributed by atoms with Crippen molar-refractivity contribution in [3.63, 3.8) is 0 Å². The Morgan fingerprint density at radius 1 is 1.29 bits per heavy atom.